The molecule has 36 heavy (non-hydrogen) atoms. The lowest BCUT2D eigenvalue weighted by Crippen LogP contribution is -2.29. The molecule has 0 radical (unpaired) electrons. The Labute approximate surface area is 212 Å². The Morgan fingerprint density at radius 3 is 2.33 bits per heavy atom. The smallest absolute Gasteiger partial charge is 0.174 e. The van der Waals surface area contributed by atoms with E-state index in [2.05, 4.69) is 0 Å². The van der Waals surface area contributed by atoms with Gasteiger partial charge >= 0.3 is 0 Å². The third-order valence-electron chi connectivity index (χ3n) is 6.46. The first-order valence-electron chi connectivity index (χ1n) is 12.2. The third kappa shape index (κ3) is 4.85. The van der Waals surface area contributed by atoms with Gasteiger partial charge in [0.1, 0.15) is 46.0 Å². The molecule has 0 amide bonds. The molecule has 190 valence electrons. The second-order valence-corrected chi connectivity index (χ2v) is 10.6. The molecule has 0 spiro atoms. The van der Waals surface area contributed by atoms with Crippen LogP contribution >= 0.6 is 0 Å². The van der Waals surface area contributed by atoms with Gasteiger partial charge in [-0.2, -0.15) is 0 Å². The molecule has 0 fully saturated rings. The number of phenols is 3. The maximum Gasteiger partial charge on any atom is 0.174 e. The molecule has 2 heterocycles. The number of hydrogen-bond donors (Lipinski definition) is 3. The molecule has 2 aliphatic rings. The van der Waals surface area contributed by atoms with Crippen LogP contribution in [0, 0.1) is 0 Å². The highest BCUT2D eigenvalue weighted by molar-refractivity contribution is 6.05. The molecule has 2 aromatic carbocycles. The van der Waals surface area contributed by atoms with E-state index in [9.17, 15) is 20.1 Å². The Morgan fingerprint density at radius 2 is 1.67 bits per heavy atom. The zero-order valence-corrected chi connectivity index (χ0v) is 21.7. The molecule has 1 unspecified atom stereocenters. The van der Waals surface area contributed by atoms with Crippen LogP contribution in [0.15, 0.2) is 41.5 Å². The van der Waals surface area contributed by atoms with Crippen molar-refractivity contribution < 1.29 is 29.6 Å². The van der Waals surface area contributed by atoms with E-state index in [4.69, 9.17) is 9.47 Å². The molecule has 2 aromatic rings. The molecule has 6 heteroatoms. The van der Waals surface area contributed by atoms with Gasteiger partial charge in [0, 0.05) is 17.2 Å². The van der Waals surface area contributed by atoms with E-state index in [1.807, 2.05) is 59.8 Å². The van der Waals surface area contributed by atoms with Crippen LogP contribution < -0.4 is 9.47 Å². The fourth-order valence-corrected chi connectivity index (χ4v) is 4.50. The predicted molar refractivity (Wildman–Crippen MR) is 140 cm³/mol. The summed E-state index contributed by atoms with van der Waals surface area (Å²) < 4.78 is 12.7. The molecule has 6 nitrogen and oxygen atoms in total. The molecule has 0 bridgehead atoms. The van der Waals surface area contributed by atoms with Crippen molar-refractivity contribution in [1.82, 2.24) is 0 Å². The van der Waals surface area contributed by atoms with Crippen LogP contribution in [-0.2, 0) is 12.8 Å². The largest absolute Gasteiger partial charge is 0.508 e. The van der Waals surface area contributed by atoms with Crippen molar-refractivity contribution in [2.75, 3.05) is 0 Å². The summed E-state index contributed by atoms with van der Waals surface area (Å²) in [5.74, 6) is 0.155. The van der Waals surface area contributed by atoms with Crippen LogP contribution in [0.2, 0.25) is 0 Å². The highest BCUT2D eigenvalue weighted by atomic mass is 16.5. The minimum Gasteiger partial charge on any atom is -0.508 e. The summed E-state index contributed by atoms with van der Waals surface area (Å²) in [6, 6.07) is 2.97. The second kappa shape index (κ2) is 9.41. The number of benzene rings is 2. The zero-order chi connectivity index (χ0) is 26.4. The van der Waals surface area contributed by atoms with Gasteiger partial charge in [-0.15, -0.1) is 0 Å². The van der Waals surface area contributed by atoms with E-state index in [0.717, 1.165) is 11.1 Å². The van der Waals surface area contributed by atoms with Gasteiger partial charge in [0.15, 0.2) is 5.78 Å². The lowest BCUT2D eigenvalue weighted by atomic mass is 9.87. The topological polar surface area (TPSA) is 96.2 Å². The van der Waals surface area contributed by atoms with E-state index in [0.29, 0.717) is 40.8 Å². The van der Waals surface area contributed by atoms with Gasteiger partial charge in [-0.25, -0.2) is 0 Å². The van der Waals surface area contributed by atoms with Gasteiger partial charge in [0.2, 0.25) is 0 Å². The highest BCUT2D eigenvalue weighted by Gasteiger charge is 2.38. The molecule has 4 rings (SSSR count). The molecule has 3 N–H and O–H groups in total. The fourth-order valence-electron chi connectivity index (χ4n) is 4.50. The van der Waals surface area contributed by atoms with Gasteiger partial charge in [0.25, 0.3) is 0 Å². The average Bonchev–Trinajstić information content (AvgIpc) is 2.77. The van der Waals surface area contributed by atoms with Gasteiger partial charge in [-0.05, 0) is 78.2 Å². The summed E-state index contributed by atoms with van der Waals surface area (Å²) >= 11 is 0. The molecule has 0 aromatic heterocycles. The maximum atomic E-state index is 13.4. The Balaban J connectivity index is 1.86. The molecular weight excluding hydrogens is 456 g/mol. The predicted octanol–water partition coefficient (Wildman–Crippen LogP) is 6.71. The summed E-state index contributed by atoms with van der Waals surface area (Å²) in [4.78, 5) is 13.4. The number of allylic oxidation sites excluding steroid dienone is 4. The van der Waals surface area contributed by atoms with E-state index in [-0.39, 0.29) is 40.8 Å². The summed E-state index contributed by atoms with van der Waals surface area (Å²) in [5.41, 5.74) is 3.92. The first-order chi connectivity index (χ1) is 16.9. The Morgan fingerprint density at radius 1 is 1.00 bits per heavy atom. The number of phenolic OH excluding ortho intramolecular Hbond substituents is 3. The molecule has 0 saturated carbocycles. The Bertz CT molecular complexity index is 1320. The van der Waals surface area contributed by atoms with Gasteiger partial charge < -0.3 is 24.8 Å². The number of ether oxygens (including phenoxy) is 2. The van der Waals surface area contributed by atoms with Crippen LogP contribution in [0.5, 0.6) is 28.7 Å². The van der Waals surface area contributed by atoms with E-state index in [1.165, 1.54) is 6.07 Å². The number of carbonyl (C=O) groups excluding carboxylic acids is 1. The van der Waals surface area contributed by atoms with Gasteiger partial charge in [-0.1, -0.05) is 23.3 Å². The van der Waals surface area contributed by atoms with Crippen molar-refractivity contribution in [1.29, 1.82) is 0 Å². The van der Waals surface area contributed by atoms with Crippen molar-refractivity contribution in [2.24, 2.45) is 0 Å². The van der Waals surface area contributed by atoms with Crippen molar-refractivity contribution >= 4 is 11.9 Å². The molecule has 1 atom stereocenters. The quantitative estimate of drug-likeness (QED) is 0.403. The number of fused-ring (bicyclic) bond motifs is 2. The van der Waals surface area contributed by atoms with Crippen LogP contribution in [-0.4, -0.2) is 26.7 Å². The van der Waals surface area contributed by atoms with E-state index in [1.54, 1.807) is 12.1 Å². The summed E-state index contributed by atoms with van der Waals surface area (Å²) in [6.07, 6.45) is 7.73. The highest BCUT2D eigenvalue weighted by Crippen LogP contribution is 2.52. The minimum atomic E-state index is -0.786. The summed E-state index contributed by atoms with van der Waals surface area (Å²) in [6.45, 7) is 11.8. The van der Waals surface area contributed by atoms with Crippen LogP contribution in [0.1, 0.15) is 86.7 Å². The second-order valence-electron chi connectivity index (χ2n) is 10.6. The van der Waals surface area contributed by atoms with Crippen molar-refractivity contribution in [2.45, 2.75) is 72.5 Å². The summed E-state index contributed by atoms with van der Waals surface area (Å²) in [7, 11) is 0. The maximum absolute atomic E-state index is 13.4. The van der Waals surface area contributed by atoms with E-state index >= 15 is 0 Å². The van der Waals surface area contributed by atoms with Gasteiger partial charge in [-0.3, -0.25) is 4.79 Å². The van der Waals surface area contributed by atoms with Crippen molar-refractivity contribution in [3.05, 3.63) is 69.3 Å². The fraction of sp³-hybridized carbons (Fsp3) is 0.367. The van der Waals surface area contributed by atoms with Crippen molar-refractivity contribution in [3.8, 4) is 28.7 Å². The Kier molecular flexibility index (Phi) is 6.65. The summed E-state index contributed by atoms with van der Waals surface area (Å²) in [5, 5.41) is 32.1. The number of ketones is 1. The molecule has 2 aliphatic heterocycles. The number of carbonyl (C=O) groups is 1. The van der Waals surface area contributed by atoms with Gasteiger partial charge in [0.05, 0.1) is 12.0 Å². The lowest BCUT2D eigenvalue weighted by Gasteiger charge is -2.34. The van der Waals surface area contributed by atoms with Crippen LogP contribution in [0.4, 0.5) is 0 Å². The first-order valence-corrected chi connectivity index (χ1v) is 12.2. The van der Waals surface area contributed by atoms with E-state index < -0.39 is 11.7 Å². The minimum absolute atomic E-state index is 0.0188. The zero-order valence-electron chi connectivity index (χ0n) is 21.7. The van der Waals surface area contributed by atoms with Crippen LogP contribution in [0.25, 0.3) is 6.08 Å². The number of aromatic hydroxyl groups is 3. The first kappa shape index (κ1) is 25.4. The number of Topliss-reactive ketones (excluding diaryl/α,β-unsaturated/α-hetero) is 1. The molecule has 0 aliphatic carbocycles. The van der Waals surface area contributed by atoms with Crippen LogP contribution in [0.3, 0.4) is 0 Å². The standard InChI is InChI=1S/C30H34O6/c1-16(2)7-9-18-13-21(23(32)14-22(18)31)25-15-24(33)26-27(34)19-11-12-30(5,6)36-28(19)20(29(26)35-25)10-8-17(3)4/h7-8,11-14,25,31-32,34H,9-10,15H2,1-6H3. The average molecular weight is 491 g/mol. The van der Waals surface area contributed by atoms with Crippen molar-refractivity contribution in [3.63, 3.8) is 0 Å². The molecular formula is C30H34O6. The lowest BCUT2D eigenvalue weighted by molar-refractivity contribution is 0.0836. The normalized spacial score (nSPS) is 17.4. The SMILES string of the molecule is CC(C)=CCc1cc(C2CC(=O)c3c(O)c4c(c(CC=C(C)C)c3O2)OC(C)(C)C=C4)c(O)cc1O. The number of rotatable bonds is 5. The third-order valence-corrected chi connectivity index (χ3v) is 6.46. The Hall–Kier alpha value is -3.67. The monoisotopic (exact) mass is 490 g/mol. The molecule has 0 saturated heterocycles. The number of hydrogen-bond acceptors (Lipinski definition) is 6.